The number of anilines is 1. The zero-order valence-corrected chi connectivity index (χ0v) is 11.6. The molecule has 0 radical (unpaired) electrons. The predicted molar refractivity (Wildman–Crippen MR) is 77.5 cm³/mol. The molecule has 1 rings (SSSR count). The summed E-state index contributed by atoms with van der Waals surface area (Å²) < 4.78 is 5.66. The second-order valence-corrected chi connectivity index (χ2v) is 5.12. The second-order valence-electron chi connectivity index (χ2n) is 5.12. The van der Waals surface area contributed by atoms with Gasteiger partial charge in [-0.1, -0.05) is 20.3 Å². The van der Waals surface area contributed by atoms with E-state index in [4.69, 9.17) is 15.9 Å². The van der Waals surface area contributed by atoms with Crippen LogP contribution in [0.4, 0.5) is 5.69 Å². The number of hydrogen-bond acceptors (Lipinski definition) is 3. The van der Waals surface area contributed by atoms with Crippen LogP contribution in [0.1, 0.15) is 45.6 Å². The largest absolute Gasteiger partial charge is 0.491 e. The Morgan fingerprint density at radius 1 is 1.33 bits per heavy atom. The Hall–Kier alpha value is -1.51. The van der Waals surface area contributed by atoms with E-state index in [-0.39, 0.29) is 0 Å². The van der Waals surface area contributed by atoms with Gasteiger partial charge in [0.25, 0.3) is 0 Å². The smallest absolute Gasteiger partial charge is 0.142 e. The molecule has 0 atom stereocenters. The monoisotopic (exact) mass is 248 g/mol. The molecule has 100 valence electrons. The summed E-state index contributed by atoms with van der Waals surface area (Å²) in [6, 6.07) is 5.53. The number of ether oxygens (including phenoxy) is 1. The molecule has 0 amide bonds. The lowest BCUT2D eigenvalue weighted by atomic mass is 10.1. The van der Waals surface area contributed by atoms with Gasteiger partial charge < -0.3 is 15.9 Å². The minimum atomic E-state index is 0.519. The normalized spacial score (nSPS) is 10.7. The molecule has 1 aromatic carbocycles. The van der Waals surface area contributed by atoms with Gasteiger partial charge in [-0.2, -0.15) is 0 Å². The maximum Gasteiger partial charge on any atom is 0.142 e. The molecule has 0 aromatic heterocycles. The number of nitrogens with one attached hydrogen (secondary N) is 1. The number of nitrogens with two attached hydrogens (primary N) is 1. The molecule has 0 fully saturated rings. The van der Waals surface area contributed by atoms with Crippen LogP contribution in [-0.2, 0) is 0 Å². The molecule has 0 aliphatic rings. The molecule has 18 heavy (non-hydrogen) atoms. The van der Waals surface area contributed by atoms with Crippen LogP contribution in [0.3, 0.4) is 0 Å². The standard InChI is InChI=1S/C15H24N2O/c1-11(2)6-4-5-9-18-15-8-7-13(12(3)16)10-14(15)17/h7-8,10-11,16H,4-6,9,17H2,1-3H3. The highest BCUT2D eigenvalue weighted by Crippen LogP contribution is 2.23. The Morgan fingerprint density at radius 3 is 2.61 bits per heavy atom. The molecule has 0 spiro atoms. The quantitative estimate of drug-likeness (QED) is 0.437. The third-order valence-corrected chi connectivity index (χ3v) is 2.88. The van der Waals surface area contributed by atoms with Gasteiger partial charge in [-0.05, 0) is 49.4 Å². The van der Waals surface area contributed by atoms with Crippen LogP contribution in [0.5, 0.6) is 5.75 Å². The van der Waals surface area contributed by atoms with Crippen LogP contribution in [-0.4, -0.2) is 12.3 Å². The molecular weight excluding hydrogens is 224 g/mol. The zero-order valence-electron chi connectivity index (χ0n) is 11.6. The summed E-state index contributed by atoms with van der Waals surface area (Å²) in [6.45, 7) is 6.93. The van der Waals surface area contributed by atoms with Crippen molar-refractivity contribution in [1.29, 1.82) is 5.41 Å². The van der Waals surface area contributed by atoms with Gasteiger partial charge in [-0.25, -0.2) is 0 Å². The summed E-state index contributed by atoms with van der Waals surface area (Å²) in [7, 11) is 0. The van der Waals surface area contributed by atoms with Crippen molar-refractivity contribution in [2.75, 3.05) is 12.3 Å². The van der Waals surface area contributed by atoms with E-state index in [9.17, 15) is 0 Å². The summed E-state index contributed by atoms with van der Waals surface area (Å²) >= 11 is 0. The predicted octanol–water partition coefficient (Wildman–Crippen LogP) is 3.86. The van der Waals surface area contributed by atoms with E-state index in [1.54, 1.807) is 13.0 Å². The highest BCUT2D eigenvalue weighted by molar-refractivity contribution is 5.97. The fourth-order valence-electron chi connectivity index (χ4n) is 1.75. The average molecular weight is 248 g/mol. The Labute approximate surface area is 110 Å². The van der Waals surface area contributed by atoms with Crippen LogP contribution in [0, 0.1) is 11.3 Å². The zero-order chi connectivity index (χ0) is 13.5. The van der Waals surface area contributed by atoms with E-state index in [1.165, 1.54) is 12.8 Å². The fourth-order valence-corrected chi connectivity index (χ4v) is 1.75. The van der Waals surface area contributed by atoms with E-state index >= 15 is 0 Å². The maximum atomic E-state index is 7.54. The van der Waals surface area contributed by atoms with Gasteiger partial charge in [-0.15, -0.1) is 0 Å². The van der Waals surface area contributed by atoms with Gasteiger partial charge in [0.15, 0.2) is 0 Å². The van der Waals surface area contributed by atoms with Gasteiger partial charge in [0.2, 0.25) is 0 Å². The summed E-state index contributed by atoms with van der Waals surface area (Å²) in [4.78, 5) is 0. The number of rotatable bonds is 7. The summed E-state index contributed by atoms with van der Waals surface area (Å²) in [6.07, 6.45) is 3.49. The highest BCUT2D eigenvalue weighted by atomic mass is 16.5. The molecule has 0 saturated heterocycles. The lowest BCUT2D eigenvalue weighted by molar-refractivity contribution is 0.303. The van der Waals surface area contributed by atoms with Crippen LogP contribution < -0.4 is 10.5 Å². The molecule has 0 bridgehead atoms. The van der Waals surface area contributed by atoms with Crippen molar-refractivity contribution in [3.63, 3.8) is 0 Å². The van der Waals surface area contributed by atoms with Gasteiger partial charge in [-0.3, -0.25) is 0 Å². The topological polar surface area (TPSA) is 59.1 Å². The Kier molecular flexibility index (Phi) is 5.69. The van der Waals surface area contributed by atoms with E-state index in [0.717, 1.165) is 23.7 Å². The van der Waals surface area contributed by atoms with Gasteiger partial charge in [0.1, 0.15) is 5.75 Å². The van der Waals surface area contributed by atoms with E-state index in [1.807, 2.05) is 12.1 Å². The second kappa shape index (κ2) is 7.04. The third kappa shape index (κ3) is 4.78. The van der Waals surface area contributed by atoms with Crippen molar-refractivity contribution in [3.8, 4) is 5.75 Å². The lowest BCUT2D eigenvalue weighted by Gasteiger charge is -2.10. The minimum absolute atomic E-state index is 0.519. The van der Waals surface area contributed by atoms with Crippen molar-refractivity contribution in [2.24, 2.45) is 5.92 Å². The number of unbranched alkanes of at least 4 members (excludes halogenated alkanes) is 1. The first kappa shape index (κ1) is 14.6. The van der Waals surface area contributed by atoms with E-state index < -0.39 is 0 Å². The first-order chi connectivity index (χ1) is 8.50. The number of nitrogen functional groups attached to an aromatic ring is 1. The lowest BCUT2D eigenvalue weighted by Crippen LogP contribution is -2.02. The highest BCUT2D eigenvalue weighted by Gasteiger charge is 2.03. The van der Waals surface area contributed by atoms with Crippen LogP contribution in [0.2, 0.25) is 0 Å². The Bertz CT molecular complexity index is 399. The van der Waals surface area contributed by atoms with Crippen molar-refractivity contribution < 1.29 is 4.74 Å². The van der Waals surface area contributed by atoms with Crippen molar-refractivity contribution >= 4 is 11.4 Å². The van der Waals surface area contributed by atoms with Crippen molar-refractivity contribution in [2.45, 2.75) is 40.0 Å². The van der Waals surface area contributed by atoms with E-state index in [2.05, 4.69) is 13.8 Å². The Morgan fingerprint density at radius 2 is 2.06 bits per heavy atom. The third-order valence-electron chi connectivity index (χ3n) is 2.88. The number of benzene rings is 1. The Balaban J connectivity index is 2.41. The summed E-state index contributed by atoms with van der Waals surface area (Å²) in [5, 5.41) is 7.54. The van der Waals surface area contributed by atoms with Gasteiger partial charge in [0.05, 0.1) is 12.3 Å². The van der Waals surface area contributed by atoms with Crippen LogP contribution >= 0.6 is 0 Å². The first-order valence-corrected chi connectivity index (χ1v) is 6.58. The van der Waals surface area contributed by atoms with Crippen molar-refractivity contribution in [3.05, 3.63) is 23.8 Å². The SMILES string of the molecule is CC(=N)c1ccc(OCCCCC(C)C)c(N)c1. The molecule has 0 aliphatic heterocycles. The first-order valence-electron chi connectivity index (χ1n) is 6.58. The maximum absolute atomic E-state index is 7.54. The summed E-state index contributed by atoms with van der Waals surface area (Å²) in [5.74, 6) is 1.48. The molecule has 3 nitrogen and oxygen atoms in total. The average Bonchev–Trinajstić information content (AvgIpc) is 2.29. The molecule has 1 aromatic rings. The van der Waals surface area contributed by atoms with E-state index in [0.29, 0.717) is 18.0 Å². The molecule has 0 saturated carbocycles. The minimum Gasteiger partial charge on any atom is -0.491 e. The van der Waals surface area contributed by atoms with Crippen molar-refractivity contribution in [1.82, 2.24) is 0 Å². The fraction of sp³-hybridized carbons (Fsp3) is 0.533. The van der Waals surface area contributed by atoms with Crippen LogP contribution in [0.15, 0.2) is 18.2 Å². The summed E-state index contributed by atoms with van der Waals surface area (Å²) in [5.41, 5.74) is 7.88. The van der Waals surface area contributed by atoms with Gasteiger partial charge in [0, 0.05) is 5.71 Å². The van der Waals surface area contributed by atoms with Crippen LogP contribution in [0.25, 0.3) is 0 Å². The number of hydrogen-bond donors (Lipinski definition) is 2. The molecule has 0 unspecified atom stereocenters. The molecule has 0 aliphatic carbocycles. The molecule has 3 heteroatoms. The molecular formula is C15H24N2O. The molecule has 0 heterocycles. The van der Waals surface area contributed by atoms with Gasteiger partial charge >= 0.3 is 0 Å². The molecule has 3 N–H and O–H groups in total.